The Morgan fingerprint density at radius 2 is 1.05 bits per heavy atom. The molecule has 0 amide bonds. The van der Waals surface area contributed by atoms with Crippen LogP contribution in [-0.2, 0) is 27.5 Å². The molecule has 7 nitrogen and oxygen atoms in total. The Balaban J connectivity index is 0.000000366. The third kappa shape index (κ3) is 16.4. The Kier molecular flexibility index (Phi) is 20.0. The Morgan fingerprint density at radius 1 is 0.617 bits per heavy atom. The van der Waals surface area contributed by atoms with Crippen LogP contribution in [0.4, 0.5) is 0 Å². The van der Waals surface area contributed by atoms with Gasteiger partial charge in [-0.15, -0.1) is 15.0 Å². The average molecular weight is 847 g/mol. The standard InChI is InChI=1S/C35H62O3.C17H18ClN3O/c1-8-9-10-11-12-13-14-15-16-17-18-19-20-21-22-23-24-29(33(37)38)25-28-26-30(34(2,3)4)32(36)31(27-28)35(5,6)7;1-10-7-12(17(2,3)4)16(22)15(8-10)21-19-13-6-5-11(18)9-14(13)20-21/h26-27,29,36H,8-25H2,1-7H3,(H,37,38);5-9,22H,1-4H3. The van der Waals surface area contributed by atoms with Crippen molar-refractivity contribution in [2.24, 2.45) is 5.92 Å². The molecule has 0 aliphatic carbocycles. The highest BCUT2D eigenvalue weighted by molar-refractivity contribution is 6.31. The molecule has 0 saturated carbocycles. The van der Waals surface area contributed by atoms with E-state index in [1.807, 2.05) is 37.3 Å². The number of nitrogens with zero attached hydrogens (tertiary/aromatic N) is 3. The van der Waals surface area contributed by atoms with Crippen molar-refractivity contribution in [1.82, 2.24) is 15.0 Å². The van der Waals surface area contributed by atoms with Crippen molar-refractivity contribution < 1.29 is 20.1 Å². The van der Waals surface area contributed by atoms with Crippen molar-refractivity contribution >= 4 is 28.6 Å². The molecule has 0 bridgehead atoms. The highest BCUT2D eigenvalue weighted by Gasteiger charge is 2.28. The number of rotatable bonds is 21. The number of benzene rings is 3. The zero-order valence-electron chi connectivity index (χ0n) is 39.3. The van der Waals surface area contributed by atoms with Crippen molar-refractivity contribution in [2.75, 3.05) is 0 Å². The van der Waals surface area contributed by atoms with Gasteiger partial charge in [-0.2, -0.15) is 0 Å². The van der Waals surface area contributed by atoms with Crippen molar-refractivity contribution in [2.45, 2.75) is 208 Å². The second-order valence-electron chi connectivity index (χ2n) is 20.4. The van der Waals surface area contributed by atoms with Crippen LogP contribution >= 0.6 is 11.6 Å². The Bertz CT molecular complexity index is 1890. The van der Waals surface area contributed by atoms with E-state index in [0.717, 1.165) is 52.6 Å². The van der Waals surface area contributed by atoms with Gasteiger partial charge in [-0.25, -0.2) is 0 Å². The van der Waals surface area contributed by atoms with E-state index in [1.54, 1.807) is 12.1 Å². The summed E-state index contributed by atoms with van der Waals surface area (Å²) in [6.45, 7) is 23.1. The molecule has 334 valence electrons. The minimum atomic E-state index is -0.700. The number of aryl methyl sites for hydroxylation is 1. The lowest BCUT2D eigenvalue weighted by Crippen LogP contribution is -2.20. The second kappa shape index (κ2) is 23.6. The molecule has 3 N–H and O–H groups in total. The van der Waals surface area contributed by atoms with Gasteiger partial charge in [-0.05, 0) is 82.5 Å². The number of unbranched alkanes of at least 4 members (excludes halogenated alkanes) is 15. The number of aromatic nitrogens is 3. The van der Waals surface area contributed by atoms with E-state index in [2.05, 4.69) is 79.4 Å². The molecular weight excluding hydrogens is 766 g/mol. The molecule has 0 aliphatic heterocycles. The topological polar surface area (TPSA) is 108 Å². The predicted octanol–water partition coefficient (Wildman–Crippen LogP) is 15.3. The second-order valence-corrected chi connectivity index (χ2v) is 20.9. The largest absolute Gasteiger partial charge is 0.507 e. The summed E-state index contributed by atoms with van der Waals surface area (Å²) in [5, 5.41) is 41.0. The lowest BCUT2D eigenvalue weighted by Gasteiger charge is -2.28. The third-order valence-corrected chi connectivity index (χ3v) is 11.9. The van der Waals surface area contributed by atoms with Crippen molar-refractivity contribution in [3.05, 3.63) is 75.3 Å². The Labute approximate surface area is 368 Å². The van der Waals surface area contributed by atoms with E-state index in [1.165, 1.54) is 94.7 Å². The van der Waals surface area contributed by atoms with Gasteiger partial charge in [0.2, 0.25) is 0 Å². The van der Waals surface area contributed by atoms with Crippen molar-refractivity contribution in [3.8, 4) is 17.2 Å². The van der Waals surface area contributed by atoms with Gasteiger partial charge in [0.05, 0.1) is 5.92 Å². The predicted molar refractivity (Wildman–Crippen MR) is 253 cm³/mol. The SMILES string of the molecule is CCCCCCCCCCCCCCCCCCC(Cc1cc(C(C)(C)C)c(O)c(C(C)(C)C)c1)C(=O)O.Cc1cc(-n2nc3ccc(Cl)cc3n2)c(O)c(C(C)(C)C)c1. The highest BCUT2D eigenvalue weighted by Crippen LogP contribution is 2.41. The number of hydrogen-bond donors (Lipinski definition) is 3. The van der Waals surface area contributed by atoms with Crippen LogP contribution < -0.4 is 0 Å². The van der Waals surface area contributed by atoms with Crippen LogP contribution in [0.2, 0.25) is 5.02 Å². The first-order valence-electron chi connectivity index (χ1n) is 23.1. The van der Waals surface area contributed by atoms with Crippen LogP contribution in [0.25, 0.3) is 16.7 Å². The molecule has 0 spiro atoms. The highest BCUT2D eigenvalue weighted by atomic mass is 35.5. The summed E-state index contributed by atoms with van der Waals surface area (Å²) in [5.41, 5.74) is 6.23. The summed E-state index contributed by atoms with van der Waals surface area (Å²) in [7, 11) is 0. The number of hydrogen-bond acceptors (Lipinski definition) is 5. The smallest absolute Gasteiger partial charge is 0.306 e. The van der Waals surface area contributed by atoms with Gasteiger partial charge < -0.3 is 15.3 Å². The minimum Gasteiger partial charge on any atom is -0.507 e. The number of phenols is 2. The Hall–Kier alpha value is -3.58. The fourth-order valence-electron chi connectivity index (χ4n) is 7.97. The minimum absolute atomic E-state index is 0.166. The number of phenolic OH excluding ortho intramolecular Hbond substituents is 2. The molecule has 0 aliphatic rings. The summed E-state index contributed by atoms with van der Waals surface area (Å²) in [6.07, 6.45) is 22.5. The molecule has 8 heteroatoms. The van der Waals surface area contributed by atoms with Crippen LogP contribution in [0.1, 0.15) is 206 Å². The molecule has 0 radical (unpaired) electrons. The van der Waals surface area contributed by atoms with Crippen molar-refractivity contribution in [1.29, 1.82) is 0 Å². The van der Waals surface area contributed by atoms with E-state index in [-0.39, 0.29) is 27.9 Å². The summed E-state index contributed by atoms with van der Waals surface area (Å²) in [6, 6.07) is 13.3. The first kappa shape index (κ1) is 50.8. The van der Waals surface area contributed by atoms with Crippen LogP contribution in [0, 0.1) is 12.8 Å². The number of fused-ring (bicyclic) bond motifs is 1. The van der Waals surface area contributed by atoms with Gasteiger partial charge in [0.25, 0.3) is 0 Å². The average Bonchev–Trinajstić information content (AvgIpc) is 3.57. The van der Waals surface area contributed by atoms with E-state index in [4.69, 9.17) is 11.6 Å². The summed E-state index contributed by atoms with van der Waals surface area (Å²) in [5.74, 6) is -0.497. The first-order chi connectivity index (χ1) is 28.1. The molecule has 1 atom stereocenters. The van der Waals surface area contributed by atoms with Gasteiger partial charge in [0.1, 0.15) is 28.2 Å². The van der Waals surface area contributed by atoms with Crippen LogP contribution in [-0.4, -0.2) is 36.3 Å². The normalized spacial score (nSPS) is 12.7. The summed E-state index contributed by atoms with van der Waals surface area (Å²) < 4.78 is 0. The van der Waals surface area contributed by atoms with E-state index >= 15 is 0 Å². The van der Waals surface area contributed by atoms with Crippen molar-refractivity contribution in [3.63, 3.8) is 0 Å². The zero-order valence-corrected chi connectivity index (χ0v) is 40.1. The molecule has 4 rings (SSSR count). The molecule has 1 aromatic heterocycles. The fourth-order valence-corrected chi connectivity index (χ4v) is 8.14. The van der Waals surface area contributed by atoms with E-state index in [9.17, 15) is 20.1 Å². The van der Waals surface area contributed by atoms with Crippen LogP contribution in [0.5, 0.6) is 11.5 Å². The number of aliphatic carboxylic acids is 1. The molecule has 1 unspecified atom stereocenters. The van der Waals surface area contributed by atoms with E-state index in [0.29, 0.717) is 28.4 Å². The third-order valence-electron chi connectivity index (χ3n) is 11.6. The molecule has 60 heavy (non-hydrogen) atoms. The van der Waals surface area contributed by atoms with Gasteiger partial charge >= 0.3 is 5.97 Å². The van der Waals surface area contributed by atoms with Crippen LogP contribution in [0.3, 0.4) is 0 Å². The maximum atomic E-state index is 12.1. The van der Waals surface area contributed by atoms with Gasteiger partial charge in [0, 0.05) is 10.6 Å². The Morgan fingerprint density at radius 3 is 1.50 bits per heavy atom. The molecular formula is C52H80ClN3O4. The number of halogens is 1. The molecule has 1 heterocycles. The maximum absolute atomic E-state index is 12.1. The van der Waals surface area contributed by atoms with Gasteiger partial charge in [-0.1, -0.05) is 202 Å². The number of aromatic hydroxyl groups is 2. The zero-order chi connectivity index (χ0) is 44.7. The summed E-state index contributed by atoms with van der Waals surface area (Å²) >= 11 is 5.99. The van der Waals surface area contributed by atoms with E-state index < -0.39 is 5.97 Å². The molecule has 0 saturated heterocycles. The molecule has 4 aromatic rings. The first-order valence-corrected chi connectivity index (χ1v) is 23.5. The quantitative estimate of drug-likeness (QED) is 0.0721. The summed E-state index contributed by atoms with van der Waals surface area (Å²) in [4.78, 5) is 13.5. The molecule has 3 aromatic carbocycles. The van der Waals surface area contributed by atoms with Crippen LogP contribution in [0.15, 0.2) is 42.5 Å². The number of carboxylic acid groups (broad SMARTS) is 1. The number of carboxylic acids is 1. The molecule has 0 fully saturated rings. The number of carbonyl (C=O) groups is 1. The fraction of sp³-hybridized carbons (Fsp3) is 0.635. The van der Waals surface area contributed by atoms with Gasteiger partial charge in [0.15, 0.2) is 0 Å². The monoisotopic (exact) mass is 846 g/mol. The lowest BCUT2D eigenvalue weighted by atomic mass is 9.77. The lowest BCUT2D eigenvalue weighted by molar-refractivity contribution is -0.142. The van der Waals surface area contributed by atoms with Gasteiger partial charge in [-0.3, -0.25) is 4.79 Å². The maximum Gasteiger partial charge on any atom is 0.306 e.